The van der Waals surface area contributed by atoms with Gasteiger partial charge in [0.25, 0.3) is 5.91 Å². The molecule has 1 aliphatic heterocycles. The van der Waals surface area contributed by atoms with Crippen LogP contribution in [0.5, 0.6) is 0 Å². The smallest absolute Gasteiger partial charge is 0.256 e. The largest absolute Gasteiger partial charge is 0.383 e. The fourth-order valence-corrected chi connectivity index (χ4v) is 5.05. The number of aryl methyl sites for hydroxylation is 1. The van der Waals surface area contributed by atoms with Gasteiger partial charge in [-0.05, 0) is 43.3 Å². The van der Waals surface area contributed by atoms with Crippen LogP contribution in [0.3, 0.4) is 0 Å². The molecule has 0 bridgehead atoms. The number of thiophene rings is 1. The summed E-state index contributed by atoms with van der Waals surface area (Å²) in [6.45, 7) is 6.05. The number of nitrogens with two attached hydrogens (primary N) is 1. The monoisotopic (exact) mass is 484 g/mol. The quantitative estimate of drug-likeness (QED) is 0.475. The fraction of sp³-hybridized carbons (Fsp3) is 0.318. The highest BCUT2D eigenvalue weighted by Gasteiger charge is 2.28. The molecule has 1 fully saturated rings. The molecule has 0 aliphatic carbocycles. The molecule has 33 heavy (non-hydrogen) atoms. The Bertz CT molecular complexity index is 1270. The second-order valence-electron chi connectivity index (χ2n) is 7.97. The summed E-state index contributed by atoms with van der Waals surface area (Å²) < 4.78 is 0. The van der Waals surface area contributed by atoms with Gasteiger partial charge in [-0.25, -0.2) is 4.98 Å². The van der Waals surface area contributed by atoms with E-state index in [9.17, 15) is 4.79 Å². The predicted octanol–water partition coefficient (Wildman–Crippen LogP) is 3.33. The normalized spacial score (nSPS) is 16.5. The van der Waals surface area contributed by atoms with E-state index in [1.807, 2.05) is 36.1 Å². The molecule has 5 rings (SSSR count). The molecule has 11 heteroatoms. The zero-order chi connectivity index (χ0) is 22.2. The first-order valence-electron chi connectivity index (χ1n) is 10.6. The standard InChI is InChI=1S/C22H24N8OS.ClH/c1-14-13-32-20-18(14)19(23)26-22(27-20)28-10-7-15(2)29(12-11-28)21(31)16-5-3-4-6-17(16)30-24-8-9-25-30;/h3-6,8-9,13,15H,7,10-12H2,1-2H3,(H2,23,26,27);1H/t15-;/m1./s1. The van der Waals surface area contributed by atoms with E-state index in [4.69, 9.17) is 10.7 Å². The number of benzene rings is 1. The van der Waals surface area contributed by atoms with E-state index in [0.29, 0.717) is 36.1 Å². The molecular weight excluding hydrogens is 460 g/mol. The van der Waals surface area contributed by atoms with E-state index in [1.165, 1.54) is 4.80 Å². The van der Waals surface area contributed by atoms with E-state index in [0.717, 1.165) is 28.7 Å². The number of carbonyl (C=O) groups is 1. The maximum absolute atomic E-state index is 13.5. The SMILES string of the molecule is Cc1csc2nc(N3CC[C@@H](C)N(C(=O)c4ccccc4-n4nccn4)CC3)nc(N)c12.Cl. The van der Waals surface area contributed by atoms with Crippen molar-refractivity contribution in [1.29, 1.82) is 0 Å². The summed E-state index contributed by atoms with van der Waals surface area (Å²) in [4.78, 5) is 29.3. The first-order valence-corrected chi connectivity index (χ1v) is 11.4. The summed E-state index contributed by atoms with van der Waals surface area (Å²) in [5, 5.41) is 11.4. The van der Waals surface area contributed by atoms with Crippen LogP contribution in [-0.2, 0) is 0 Å². The molecular formula is C22H25ClN8OS. The van der Waals surface area contributed by atoms with E-state index < -0.39 is 0 Å². The lowest BCUT2D eigenvalue weighted by Gasteiger charge is -2.27. The molecule has 1 aliphatic rings. The Morgan fingerprint density at radius 2 is 1.88 bits per heavy atom. The molecule has 1 amide bonds. The van der Waals surface area contributed by atoms with Gasteiger partial charge in [0, 0.05) is 25.7 Å². The Morgan fingerprint density at radius 3 is 2.67 bits per heavy atom. The van der Waals surface area contributed by atoms with Crippen LogP contribution in [0.1, 0.15) is 29.3 Å². The lowest BCUT2D eigenvalue weighted by atomic mass is 10.1. The number of para-hydroxylation sites is 1. The van der Waals surface area contributed by atoms with Gasteiger partial charge in [-0.1, -0.05) is 12.1 Å². The minimum atomic E-state index is -0.0305. The lowest BCUT2D eigenvalue weighted by molar-refractivity contribution is 0.0705. The van der Waals surface area contributed by atoms with Crippen molar-refractivity contribution in [2.24, 2.45) is 0 Å². The topological polar surface area (TPSA) is 106 Å². The van der Waals surface area contributed by atoms with Gasteiger partial charge >= 0.3 is 0 Å². The highest BCUT2D eigenvalue weighted by molar-refractivity contribution is 7.17. The van der Waals surface area contributed by atoms with Gasteiger partial charge in [0.1, 0.15) is 10.6 Å². The van der Waals surface area contributed by atoms with Gasteiger partial charge in [-0.3, -0.25) is 4.79 Å². The summed E-state index contributed by atoms with van der Waals surface area (Å²) in [7, 11) is 0. The third-order valence-corrected chi connectivity index (χ3v) is 6.90. The fourth-order valence-electron chi connectivity index (χ4n) is 4.13. The minimum absolute atomic E-state index is 0. The van der Waals surface area contributed by atoms with Crippen molar-refractivity contribution in [1.82, 2.24) is 29.9 Å². The Labute approximate surface area is 201 Å². The average Bonchev–Trinajstić information content (AvgIpc) is 3.41. The highest BCUT2D eigenvalue weighted by Crippen LogP contribution is 2.30. The van der Waals surface area contributed by atoms with Crippen molar-refractivity contribution in [3.63, 3.8) is 0 Å². The Morgan fingerprint density at radius 1 is 1.12 bits per heavy atom. The first kappa shape index (κ1) is 22.9. The number of carbonyl (C=O) groups excluding carboxylic acids is 1. The molecule has 1 aromatic carbocycles. The molecule has 0 spiro atoms. The molecule has 4 heterocycles. The molecule has 1 saturated heterocycles. The number of rotatable bonds is 3. The van der Waals surface area contributed by atoms with Crippen LogP contribution in [0.15, 0.2) is 42.0 Å². The van der Waals surface area contributed by atoms with E-state index in [-0.39, 0.29) is 24.4 Å². The van der Waals surface area contributed by atoms with Gasteiger partial charge in [0.15, 0.2) is 0 Å². The molecule has 4 aromatic rings. The summed E-state index contributed by atoms with van der Waals surface area (Å²) >= 11 is 1.58. The van der Waals surface area contributed by atoms with Gasteiger partial charge in [0.05, 0.1) is 29.0 Å². The summed E-state index contributed by atoms with van der Waals surface area (Å²) in [6, 6.07) is 7.50. The number of halogens is 1. The number of hydrogen-bond acceptors (Lipinski definition) is 8. The average molecular weight is 485 g/mol. The van der Waals surface area contributed by atoms with Crippen molar-refractivity contribution < 1.29 is 4.79 Å². The molecule has 3 aromatic heterocycles. The van der Waals surface area contributed by atoms with Crippen molar-refractivity contribution in [2.45, 2.75) is 26.3 Å². The number of aromatic nitrogens is 5. The number of fused-ring (bicyclic) bond motifs is 1. The third kappa shape index (κ3) is 4.23. The zero-order valence-electron chi connectivity index (χ0n) is 18.4. The molecule has 0 radical (unpaired) electrons. The number of hydrogen-bond donors (Lipinski definition) is 1. The van der Waals surface area contributed by atoms with Gasteiger partial charge in [-0.2, -0.15) is 20.0 Å². The van der Waals surface area contributed by atoms with Crippen molar-refractivity contribution in [3.8, 4) is 5.69 Å². The van der Waals surface area contributed by atoms with Gasteiger partial charge < -0.3 is 15.5 Å². The van der Waals surface area contributed by atoms with Crippen LogP contribution in [0, 0.1) is 6.92 Å². The minimum Gasteiger partial charge on any atom is -0.383 e. The molecule has 9 nitrogen and oxygen atoms in total. The summed E-state index contributed by atoms with van der Waals surface area (Å²) in [5.41, 5.74) is 8.59. The molecule has 1 atom stereocenters. The van der Waals surface area contributed by atoms with E-state index in [2.05, 4.69) is 32.4 Å². The first-order chi connectivity index (χ1) is 15.5. The maximum Gasteiger partial charge on any atom is 0.256 e. The van der Waals surface area contributed by atoms with Crippen LogP contribution in [0.4, 0.5) is 11.8 Å². The van der Waals surface area contributed by atoms with Crippen molar-refractivity contribution in [3.05, 3.63) is 53.2 Å². The summed E-state index contributed by atoms with van der Waals surface area (Å²) in [6.07, 6.45) is 4.01. The predicted molar refractivity (Wildman–Crippen MR) is 132 cm³/mol. The zero-order valence-corrected chi connectivity index (χ0v) is 20.0. The second-order valence-corrected chi connectivity index (χ2v) is 8.82. The van der Waals surface area contributed by atoms with Gasteiger partial charge in [-0.15, -0.1) is 23.7 Å². The molecule has 2 N–H and O–H groups in total. The van der Waals surface area contributed by atoms with Crippen LogP contribution in [-0.4, -0.2) is 61.4 Å². The van der Waals surface area contributed by atoms with Crippen LogP contribution in [0.25, 0.3) is 15.9 Å². The number of amides is 1. The lowest BCUT2D eigenvalue weighted by Crippen LogP contribution is -2.40. The number of nitrogen functional groups attached to an aromatic ring is 1. The van der Waals surface area contributed by atoms with E-state index in [1.54, 1.807) is 23.7 Å². The Hall–Kier alpha value is -3.24. The van der Waals surface area contributed by atoms with Crippen LogP contribution < -0.4 is 10.6 Å². The highest BCUT2D eigenvalue weighted by atomic mass is 35.5. The third-order valence-electron chi connectivity index (χ3n) is 5.91. The van der Waals surface area contributed by atoms with Crippen LogP contribution >= 0.6 is 23.7 Å². The molecule has 0 unspecified atom stereocenters. The molecule has 172 valence electrons. The maximum atomic E-state index is 13.5. The Kier molecular flexibility index (Phi) is 6.48. The van der Waals surface area contributed by atoms with Crippen molar-refractivity contribution in [2.75, 3.05) is 30.3 Å². The Balaban J connectivity index is 0.00000259. The second kappa shape index (κ2) is 9.32. The van der Waals surface area contributed by atoms with E-state index >= 15 is 0 Å². The molecule has 0 saturated carbocycles. The number of nitrogens with zero attached hydrogens (tertiary/aromatic N) is 7. The van der Waals surface area contributed by atoms with Gasteiger partial charge in [0.2, 0.25) is 5.95 Å². The van der Waals surface area contributed by atoms with Crippen molar-refractivity contribution >= 4 is 51.6 Å². The number of anilines is 2. The van der Waals surface area contributed by atoms with Crippen LogP contribution in [0.2, 0.25) is 0 Å². The summed E-state index contributed by atoms with van der Waals surface area (Å²) in [5.74, 6) is 1.10.